The van der Waals surface area contributed by atoms with Gasteiger partial charge in [0.15, 0.2) is 0 Å². The summed E-state index contributed by atoms with van der Waals surface area (Å²) < 4.78 is 0. The fourth-order valence-corrected chi connectivity index (χ4v) is 1.65. The highest BCUT2D eigenvalue weighted by molar-refractivity contribution is 5.79. The van der Waals surface area contributed by atoms with Crippen LogP contribution in [0.2, 0.25) is 0 Å². The smallest absolute Gasteiger partial charge is 0.220 e. The maximum absolute atomic E-state index is 10.9. The predicted molar refractivity (Wildman–Crippen MR) is 40.6 cm³/mol. The van der Waals surface area contributed by atoms with Gasteiger partial charge in [-0.3, -0.25) is 4.79 Å². The average molecular weight is 141 g/mol. The minimum atomic E-state index is 0.0336. The molecule has 1 amide bonds. The molecule has 1 unspecified atom stereocenters. The lowest BCUT2D eigenvalue weighted by Crippen LogP contribution is -2.39. The van der Waals surface area contributed by atoms with Crippen molar-refractivity contribution in [3.63, 3.8) is 0 Å². The van der Waals surface area contributed by atoms with Gasteiger partial charge in [0, 0.05) is 12.0 Å². The third-order valence-corrected chi connectivity index (χ3v) is 2.41. The Balaban J connectivity index is 2.67. The van der Waals surface area contributed by atoms with Crippen LogP contribution in [0.25, 0.3) is 0 Å². The van der Waals surface area contributed by atoms with Crippen LogP contribution < -0.4 is 5.32 Å². The van der Waals surface area contributed by atoms with Gasteiger partial charge in [-0.1, -0.05) is 13.3 Å². The molecule has 1 rings (SSSR count). The number of rotatable bonds is 1. The van der Waals surface area contributed by atoms with Gasteiger partial charge in [0.05, 0.1) is 0 Å². The van der Waals surface area contributed by atoms with E-state index < -0.39 is 0 Å². The molecule has 0 saturated carbocycles. The van der Waals surface area contributed by atoms with Crippen molar-refractivity contribution in [3.05, 3.63) is 0 Å². The molecule has 0 bridgehead atoms. The molecule has 0 radical (unpaired) electrons. The van der Waals surface area contributed by atoms with Crippen LogP contribution in [0.5, 0.6) is 0 Å². The first-order chi connectivity index (χ1) is 4.56. The first kappa shape index (κ1) is 7.58. The van der Waals surface area contributed by atoms with Crippen LogP contribution in [-0.4, -0.2) is 11.4 Å². The molecule has 2 nitrogen and oxygen atoms in total. The molecule has 2 heteroatoms. The van der Waals surface area contributed by atoms with Crippen molar-refractivity contribution in [1.29, 1.82) is 0 Å². The molecule has 1 fully saturated rings. The largest absolute Gasteiger partial charge is 0.351 e. The number of amides is 1. The summed E-state index contributed by atoms with van der Waals surface area (Å²) >= 11 is 0. The van der Waals surface area contributed by atoms with Crippen molar-refractivity contribution in [3.8, 4) is 0 Å². The van der Waals surface area contributed by atoms with Crippen molar-refractivity contribution < 1.29 is 4.79 Å². The van der Waals surface area contributed by atoms with Crippen LogP contribution in [0.3, 0.4) is 0 Å². The Hall–Kier alpha value is -0.530. The molecular formula is C8H15NO. The normalized spacial score (nSPS) is 30.3. The fraction of sp³-hybridized carbons (Fsp3) is 0.875. The zero-order valence-electron chi connectivity index (χ0n) is 6.90. The molecule has 1 saturated heterocycles. The second kappa shape index (κ2) is 2.26. The zero-order valence-corrected chi connectivity index (χ0v) is 6.90. The molecule has 1 N–H and O–H groups in total. The average Bonchev–Trinajstić information content (AvgIpc) is 2.04. The lowest BCUT2D eigenvalue weighted by Gasteiger charge is -2.24. The molecule has 0 aromatic rings. The second-order valence-electron chi connectivity index (χ2n) is 3.58. The summed E-state index contributed by atoms with van der Waals surface area (Å²) in [6.45, 7) is 6.31. The quantitative estimate of drug-likeness (QED) is 0.586. The molecule has 58 valence electrons. The van der Waals surface area contributed by atoms with Gasteiger partial charge in [-0.25, -0.2) is 0 Å². The van der Waals surface area contributed by atoms with Crippen molar-refractivity contribution in [2.45, 2.75) is 39.2 Å². The standard InChI is InChI=1S/C8H15NO/c1-4-6-5-7(10)9-8(6,2)3/h6H,4-5H2,1-3H3,(H,9,10). The second-order valence-corrected chi connectivity index (χ2v) is 3.58. The first-order valence-electron chi connectivity index (χ1n) is 3.87. The maximum atomic E-state index is 10.9. The number of nitrogens with one attached hydrogen (secondary N) is 1. The minimum Gasteiger partial charge on any atom is -0.351 e. The highest BCUT2D eigenvalue weighted by Crippen LogP contribution is 2.28. The van der Waals surface area contributed by atoms with Gasteiger partial charge < -0.3 is 5.32 Å². The van der Waals surface area contributed by atoms with E-state index >= 15 is 0 Å². The van der Waals surface area contributed by atoms with E-state index in [-0.39, 0.29) is 11.4 Å². The molecule has 0 spiro atoms. The SMILES string of the molecule is CCC1CC(=O)NC1(C)C. The van der Waals surface area contributed by atoms with E-state index in [1.807, 2.05) is 0 Å². The maximum Gasteiger partial charge on any atom is 0.220 e. The van der Waals surface area contributed by atoms with E-state index in [0.29, 0.717) is 12.3 Å². The predicted octanol–water partition coefficient (Wildman–Crippen LogP) is 1.31. The van der Waals surface area contributed by atoms with Crippen LogP contribution in [0, 0.1) is 5.92 Å². The summed E-state index contributed by atoms with van der Waals surface area (Å²) in [7, 11) is 0. The van der Waals surface area contributed by atoms with E-state index in [1.54, 1.807) is 0 Å². The Morgan fingerprint density at radius 2 is 2.30 bits per heavy atom. The Morgan fingerprint density at radius 1 is 1.70 bits per heavy atom. The Morgan fingerprint density at radius 3 is 2.50 bits per heavy atom. The highest BCUT2D eigenvalue weighted by Gasteiger charge is 2.37. The van der Waals surface area contributed by atoms with Gasteiger partial charge >= 0.3 is 0 Å². The molecule has 0 aliphatic carbocycles. The molecule has 10 heavy (non-hydrogen) atoms. The van der Waals surface area contributed by atoms with Crippen molar-refractivity contribution >= 4 is 5.91 Å². The third-order valence-electron chi connectivity index (χ3n) is 2.41. The van der Waals surface area contributed by atoms with Gasteiger partial charge in [-0.05, 0) is 19.8 Å². The number of carbonyl (C=O) groups is 1. The Labute approximate surface area is 62.0 Å². The van der Waals surface area contributed by atoms with E-state index in [1.165, 1.54) is 0 Å². The first-order valence-corrected chi connectivity index (χ1v) is 3.87. The fourth-order valence-electron chi connectivity index (χ4n) is 1.65. The van der Waals surface area contributed by atoms with E-state index in [4.69, 9.17) is 0 Å². The molecule has 1 aliphatic rings. The summed E-state index contributed by atoms with van der Waals surface area (Å²) in [5, 5.41) is 2.96. The summed E-state index contributed by atoms with van der Waals surface area (Å²) in [4.78, 5) is 10.9. The number of hydrogen-bond acceptors (Lipinski definition) is 1. The molecule has 1 atom stereocenters. The molecule has 0 aromatic heterocycles. The summed E-state index contributed by atoms with van der Waals surface area (Å²) in [5.41, 5.74) is 0.0336. The summed E-state index contributed by atoms with van der Waals surface area (Å²) in [6, 6.07) is 0. The molecule has 1 aliphatic heterocycles. The Bertz CT molecular complexity index is 151. The molecule has 0 aromatic carbocycles. The molecule has 1 heterocycles. The van der Waals surface area contributed by atoms with Crippen LogP contribution >= 0.6 is 0 Å². The molecular weight excluding hydrogens is 126 g/mol. The van der Waals surface area contributed by atoms with Crippen molar-refractivity contribution in [2.24, 2.45) is 5.92 Å². The topological polar surface area (TPSA) is 29.1 Å². The lowest BCUT2D eigenvalue weighted by molar-refractivity contribution is -0.119. The monoisotopic (exact) mass is 141 g/mol. The van der Waals surface area contributed by atoms with Gasteiger partial charge in [0.25, 0.3) is 0 Å². The lowest BCUT2D eigenvalue weighted by atomic mass is 9.87. The number of hydrogen-bond donors (Lipinski definition) is 1. The van der Waals surface area contributed by atoms with Crippen LogP contribution in [0.15, 0.2) is 0 Å². The highest BCUT2D eigenvalue weighted by atomic mass is 16.2. The van der Waals surface area contributed by atoms with Crippen LogP contribution in [0.1, 0.15) is 33.6 Å². The van der Waals surface area contributed by atoms with E-state index in [0.717, 1.165) is 6.42 Å². The Kier molecular flexibility index (Phi) is 1.71. The van der Waals surface area contributed by atoms with Gasteiger partial charge in [-0.15, -0.1) is 0 Å². The van der Waals surface area contributed by atoms with Crippen LogP contribution in [-0.2, 0) is 4.79 Å². The van der Waals surface area contributed by atoms with Gasteiger partial charge in [0.1, 0.15) is 0 Å². The zero-order chi connectivity index (χ0) is 7.78. The van der Waals surface area contributed by atoms with E-state index in [9.17, 15) is 4.79 Å². The van der Waals surface area contributed by atoms with Gasteiger partial charge in [0.2, 0.25) is 5.91 Å². The minimum absolute atomic E-state index is 0.0336. The third kappa shape index (κ3) is 1.15. The van der Waals surface area contributed by atoms with Crippen LogP contribution in [0.4, 0.5) is 0 Å². The van der Waals surface area contributed by atoms with Gasteiger partial charge in [-0.2, -0.15) is 0 Å². The summed E-state index contributed by atoms with van der Waals surface area (Å²) in [6.07, 6.45) is 1.80. The number of carbonyl (C=O) groups excluding carboxylic acids is 1. The van der Waals surface area contributed by atoms with Crippen molar-refractivity contribution in [1.82, 2.24) is 5.32 Å². The summed E-state index contributed by atoms with van der Waals surface area (Å²) in [5.74, 6) is 0.733. The van der Waals surface area contributed by atoms with E-state index in [2.05, 4.69) is 26.1 Å². The van der Waals surface area contributed by atoms with Crippen molar-refractivity contribution in [2.75, 3.05) is 0 Å².